The highest BCUT2D eigenvalue weighted by molar-refractivity contribution is 5.86. The molecule has 3 aliphatic rings. The van der Waals surface area contributed by atoms with Gasteiger partial charge in [-0.25, -0.2) is 0 Å². The van der Waals surface area contributed by atoms with Gasteiger partial charge < -0.3 is 10.6 Å². The van der Waals surface area contributed by atoms with Crippen LogP contribution in [-0.2, 0) is 4.79 Å². The number of piperidine rings is 1. The molecule has 1 aliphatic carbocycles. The standard InChI is InChI=1S/C15H27N3O/c1-12-10-17-9-5-2-6-13(17)11-18(12)14(19)15(16)7-3-4-8-15/h12-13H,2-11,16H2,1H3. The van der Waals surface area contributed by atoms with E-state index in [1.807, 2.05) is 0 Å². The Labute approximate surface area is 116 Å². The van der Waals surface area contributed by atoms with Crippen molar-refractivity contribution in [2.45, 2.75) is 69.5 Å². The van der Waals surface area contributed by atoms with Crippen LogP contribution in [0.15, 0.2) is 0 Å². The van der Waals surface area contributed by atoms with E-state index >= 15 is 0 Å². The van der Waals surface area contributed by atoms with Crippen LogP contribution in [0.1, 0.15) is 51.9 Å². The quantitative estimate of drug-likeness (QED) is 0.778. The number of hydrogen-bond donors (Lipinski definition) is 1. The number of carbonyl (C=O) groups excluding carboxylic acids is 1. The van der Waals surface area contributed by atoms with Gasteiger partial charge in [-0.2, -0.15) is 0 Å². The predicted octanol–water partition coefficient (Wildman–Crippen LogP) is 1.34. The van der Waals surface area contributed by atoms with Gasteiger partial charge in [0.2, 0.25) is 5.91 Å². The molecule has 1 saturated carbocycles. The van der Waals surface area contributed by atoms with Crippen molar-refractivity contribution in [2.24, 2.45) is 5.73 Å². The average molecular weight is 265 g/mol. The van der Waals surface area contributed by atoms with Crippen molar-refractivity contribution < 1.29 is 4.79 Å². The summed E-state index contributed by atoms with van der Waals surface area (Å²) in [6, 6.07) is 0.904. The summed E-state index contributed by atoms with van der Waals surface area (Å²) < 4.78 is 0. The Morgan fingerprint density at radius 1 is 1.16 bits per heavy atom. The lowest BCUT2D eigenvalue weighted by Crippen LogP contribution is -2.65. The van der Waals surface area contributed by atoms with E-state index in [0.29, 0.717) is 12.1 Å². The van der Waals surface area contributed by atoms with E-state index in [9.17, 15) is 4.79 Å². The first-order valence-corrected chi connectivity index (χ1v) is 7.94. The molecule has 2 heterocycles. The molecule has 0 aromatic carbocycles. The van der Waals surface area contributed by atoms with Gasteiger partial charge in [0, 0.05) is 25.2 Å². The third-order valence-corrected chi connectivity index (χ3v) is 5.37. The van der Waals surface area contributed by atoms with Crippen molar-refractivity contribution in [1.29, 1.82) is 0 Å². The van der Waals surface area contributed by atoms with Crippen LogP contribution in [0, 0.1) is 0 Å². The Morgan fingerprint density at radius 2 is 1.89 bits per heavy atom. The van der Waals surface area contributed by atoms with E-state index in [0.717, 1.165) is 38.8 Å². The molecule has 3 rings (SSSR count). The minimum Gasteiger partial charge on any atom is -0.336 e. The van der Waals surface area contributed by atoms with Crippen LogP contribution in [-0.4, -0.2) is 53.0 Å². The summed E-state index contributed by atoms with van der Waals surface area (Å²) in [6.07, 6.45) is 7.85. The molecule has 0 bridgehead atoms. The molecule has 4 nitrogen and oxygen atoms in total. The number of amides is 1. The van der Waals surface area contributed by atoms with Crippen LogP contribution < -0.4 is 5.73 Å². The lowest BCUT2D eigenvalue weighted by Gasteiger charge is -2.49. The smallest absolute Gasteiger partial charge is 0.242 e. The van der Waals surface area contributed by atoms with Crippen LogP contribution in [0.4, 0.5) is 0 Å². The number of carbonyl (C=O) groups is 1. The van der Waals surface area contributed by atoms with Crippen molar-refractivity contribution in [3.8, 4) is 0 Å². The number of piperazine rings is 1. The molecule has 19 heavy (non-hydrogen) atoms. The zero-order valence-corrected chi connectivity index (χ0v) is 12.1. The van der Waals surface area contributed by atoms with Gasteiger partial charge in [-0.3, -0.25) is 9.69 Å². The van der Waals surface area contributed by atoms with E-state index in [1.165, 1.54) is 25.8 Å². The molecule has 2 N–H and O–H groups in total. The molecule has 2 aliphatic heterocycles. The molecular weight excluding hydrogens is 238 g/mol. The zero-order chi connectivity index (χ0) is 13.5. The maximum atomic E-state index is 12.8. The Balaban J connectivity index is 1.71. The Morgan fingerprint density at radius 3 is 2.63 bits per heavy atom. The van der Waals surface area contributed by atoms with Crippen LogP contribution in [0.5, 0.6) is 0 Å². The summed E-state index contributed by atoms with van der Waals surface area (Å²) in [5.74, 6) is 0.225. The summed E-state index contributed by atoms with van der Waals surface area (Å²) in [7, 11) is 0. The third-order valence-electron chi connectivity index (χ3n) is 5.37. The van der Waals surface area contributed by atoms with Crippen molar-refractivity contribution in [3.63, 3.8) is 0 Å². The lowest BCUT2D eigenvalue weighted by atomic mass is 9.92. The molecule has 0 aromatic heterocycles. The van der Waals surface area contributed by atoms with Crippen molar-refractivity contribution >= 4 is 5.91 Å². The monoisotopic (exact) mass is 265 g/mol. The van der Waals surface area contributed by atoms with Crippen LogP contribution in [0.25, 0.3) is 0 Å². The van der Waals surface area contributed by atoms with Crippen LogP contribution >= 0.6 is 0 Å². The largest absolute Gasteiger partial charge is 0.336 e. The Bertz CT molecular complexity index is 351. The molecule has 108 valence electrons. The van der Waals surface area contributed by atoms with Gasteiger partial charge in [0.25, 0.3) is 0 Å². The second-order valence-corrected chi connectivity index (χ2v) is 6.81. The van der Waals surface area contributed by atoms with Gasteiger partial charge in [-0.1, -0.05) is 19.3 Å². The molecule has 0 radical (unpaired) electrons. The molecule has 0 aromatic rings. The fourth-order valence-corrected chi connectivity index (χ4v) is 4.14. The second kappa shape index (κ2) is 5.06. The highest BCUT2D eigenvalue weighted by atomic mass is 16.2. The lowest BCUT2D eigenvalue weighted by molar-refractivity contribution is -0.143. The summed E-state index contributed by atoms with van der Waals surface area (Å²) in [6.45, 7) is 5.33. The minimum absolute atomic E-state index is 0.225. The van der Waals surface area contributed by atoms with E-state index in [1.54, 1.807) is 0 Å². The van der Waals surface area contributed by atoms with E-state index < -0.39 is 5.54 Å². The van der Waals surface area contributed by atoms with Crippen LogP contribution in [0.3, 0.4) is 0 Å². The number of fused-ring (bicyclic) bond motifs is 1. The van der Waals surface area contributed by atoms with Gasteiger partial charge in [0.1, 0.15) is 0 Å². The molecule has 2 saturated heterocycles. The Kier molecular flexibility index (Phi) is 3.56. The average Bonchev–Trinajstić information content (AvgIpc) is 2.85. The van der Waals surface area contributed by atoms with Gasteiger partial charge in [-0.05, 0) is 39.2 Å². The van der Waals surface area contributed by atoms with Gasteiger partial charge in [0.05, 0.1) is 5.54 Å². The first-order valence-electron chi connectivity index (χ1n) is 7.94. The molecule has 0 spiro atoms. The fourth-order valence-electron chi connectivity index (χ4n) is 4.14. The van der Waals surface area contributed by atoms with Gasteiger partial charge in [-0.15, -0.1) is 0 Å². The predicted molar refractivity (Wildman–Crippen MR) is 75.8 cm³/mol. The fraction of sp³-hybridized carbons (Fsp3) is 0.933. The maximum absolute atomic E-state index is 12.8. The topological polar surface area (TPSA) is 49.6 Å². The number of rotatable bonds is 1. The maximum Gasteiger partial charge on any atom is 0.242 e. The first-order chi connectivity index (χ1) is 9.10. The first kappa shape index (κ1) is 13.4. The van der Waals surface area contributed by atoms with E-state index in [4.69, 9.17) is 5.73 Å². The second-order valence-electron chi connectivity index (χ2n) is 6.81. The molecule has 2 unspecified atom stereocenters. The molecular formula is C15H27N3O. The highest BCUT2D eigenvalue weighted by Gasteiger charge is 2.44. The van der Waals surface area contributed by atoms with Gasteiger partial charge in [0.15, 0.2) is 0 Å². The van der Waals surface area contributed by atoms with E-state index in [2.05, 4.69) is 16.7 Å². The van der Waals surface area contributed by atoms with Crippen molar-refractivity contribution in [3.05, 3.63) is 0 Å². The number of hydrogen-bond acceptors (Lipinski definition) is 3. The summed E-state index contributed by atoms with van der Waals surface area (Å²) in [4.78, 5) is 17.5. The van der Waals surface area contributed by atoms with Crippen molar-refractivity contribution in [2.75, 3.05) is 19.6 Å². The summed E-state index contributed by atoms with van der Waals surface area (Å²) >= 11 is 0. The number of nitrogens with zero attached hydrogens (tertiary/aromatic N) is 2. The third kappa shape index (κ3) is 2.40. The zero-order valence-electron chi connectivity index (χ0n) is 12.1. The summed E-state index contributed by atoms with van der Waals surface area (Å²) in [5.41, 5.74) is 5.81. The molecule has 2 atom stereocenters. The number of nitrogens with two attached hydrogens (primary N) is 1. The van der Waals surface area contributed by atoms with E-state index in [-0.39, 0.29) is 5.91 Å². The molecule has 1 amide bonds. The normalized spacial score (nSPS) is 35.2. The SMILES string of the molecule is CC1CN2CCCCC2CN1C(=O)C1(N)CCCC1. The van der Waals surface area contributed by atoms with Crippen LogP contribution in [0.2, 0.25) is 0 Å². The highest BCUT2D eigenvalue weighted by Crippen LogP contribution is 2.32. The van der Waals surface area contributed by atoms with Gasteiger partial charge >= 0.3 is 0 Å². The molecule has 4 heteroatoms. The molecule has 3 fully saturated rings. The Hall–Kier alpha value is -0.610. The minimum atomic E-state index is -0.550. The van der Waals surface area contributed by atoms with Crippen molar-refractivity contribution in [1.82, 2.24) is 9.80 Å². The summed E-state index contributed by atoms with van der Waals surface area (Å²) in [5, 5.41) is 0.